The van der Waals surface area contributed by atoms with E-state index in [-0.39, 0.29) is 5.82 Å². The molecular formula is C13H13FO2. The Morgan fingerprint density at radius 2 is 2.00 bits per heavy atom. The first-order valence-electron chi connectivity index (χ1n) is 5.22. The molecule has 0 radical (unpaired) electrons. The van der Waals surface area contributed by atoms with E-state index in [2.05, 4.69) is 0 Å². The average molecular weight is 220 g/mol. The van der Waals surface area contributed by atoms with Crippen molar-refractivity contribution < 1.29 is 13.9 Å². The molecule has 1 aromatic heterocycles. The van der Waals surface area contributed by atoms with Gasteiger partial charge in [-0.25, -0.2) is 4.39 Å². The number of aliphatic hydroxyl groups is 1. The Hall–Kier alpha value is -1.61. The molecule has 1 heterocycles. The number of furan rings is 1. The topological polar surface area (TPSA) is 33.4 Å². The molecule has 1 atom stereocenters. The zero-order chi connectivity index (χ0) is 11.4. The van der Waals surface area contributed by atoms with Gasteiger partial charge in [0, 0.05) is 12.0 Å². The SMILES string of the molecule is OC(CCc1ccco1)c1ccccc1F. The molecule has 0 fully saturated rings. The van der Waals surface area contributed by atoms with E-state index in [4.69, 9.17) is 4.42 Å². The number of halogens is 1. The second-order valence-corrected chi connectivity index (χ2v) is 3.66. The number of rotatable bonds is 4. The zero-order valence-corrected chi connectivity index (χ0v) is 8.77. The summed E-state index contributed by atoms with van der Waals surface area (Å²) in [5.41, 5.74) is 0.342. The Morgan fingerprint density at radius 3 is 2.69 bits per heavy atom. The van der Waals surface area contributed by atoms with Gasteiger partial charge in [0.25, 0.3) is 0 Å². The van der Waals surface area contributed by atoms with Crippen LogP contribution in [0.15, 0.2) is 47.1 Å². The molecule has 2 rings (SSSR count). The number of aliphatic hydroxyl groups excluding tert-OH is 1. The lowest BCUT2D eigenvalue weighted by Gasteiger charge is -2.10. The predicted molar refractivity (Wildman–Crippen MR) is 58.4 cm³/mol. The molecular weight excluding hydrogens is 207 g/mol. The number of benzene rings is 1. The molecule has 1 aromatic carbocycles. The van der Waals surface area contributed by atoms with Crippen LogP contribution < -0.4 is 0 Å². The van der Waals surface area contributed by atoms with Crippen LogP contribution in [0.1, 0.15) is 23.8 Å². The summed E-state index contributed by atoms with van der Waals surface area (Å²) >= 11 is 0. The van der Waals surface area contributed by atoms with E-state index in [1.54, 1.807) is 30.5 Å². The Morgan fingerprint density at radius 1 is 1.19 bits per heavy atom. The Balaban J connectivity index is 1.98. The standard InChI is InChI=1S/C13H13FO2/c14-12-6-2-1-5-11(12)13(15)8-7-10-4-3-9-16-10/h1-6,9,13,15H,7-8H2. The van der Waals surface area contributed by atoms with Crippen molar-refractivity contribution in [3.8, 4) is 0 Å². The summed E-state index contributed by atoms with van der Waals surface area (Å²) in [5, 5.41) is 9.82. The van der Waals surface area contributed by atoms with Gasteiger partial charge in [-0.15, -0.1) is 0 Å². The monoisotopic (exact) mass is 220 g/mol. The van der Waals surface area contributed by atoms with Gasteiger partial charge in [0.15, 0.2) is 0 Å². The second kappa shape index (κ2) is 4.94. The Labute approximate surface area is 93.3 Å². The minimum atomic E-state index is -0.786. The maximum Gasteiger partial charge on any atom is 0.128 e. The quantitative estimate of drug-likeness (QED) is 0.858. The molecule has 0 saturated heterocycles. The summed E-state index contributed by atoms with van der Waals surface area (Å²) < 4.78 is 18.5. The summed E-state index contributed by atoms with van der Waals surface area (Å²) in [7, 11) is 0. The molecule has 0 bridgehead atoms. The molecule has 0 aliphatic heterocycles. The molecule has 0 aliphatic rings. The minimum absolute atomic E-state index is 0.342. The van der Waals surface area contributed by atoms with E-state index in [1.165, 1.54) is 6.07 Å². The van der Waals surface area contributed by atoms with Gasteiger partial charge in [0.2, 0.25) is 0 Å². The molecule has 0 aliphatic carbocycles. The smallest absolute Gasteiger partial charge is 0.128 e. The number of hydrogen-bond donors (Lipinski definition) is 1. The van der Waals surface area contributed by atoms with Gasteiger partial charge in [-0.1, -0.05) is 18.2 Å². The van der Waals surface area contributed by atoms with Crippen molar-refractivity contribution >= 4 is 0 Å². The van der Waals surface area contributed by atoms with Crippen molar-refractivity contribution in [3.05, 3.63) is 59.8 Å². The van der Waals surface area contributed by atoms with E-state index >= 15 is 0 Å². The third kappa shape index (κ3) is 2.49. The first kappa shape index (κ1) is 10.9. The molecule has 3 heteroatoms. The van der Waals surface area contributed by atoms with Crippen molar-refractivity contribution in [1.82, 2.24) is 0 Å². The molecule has 2 nitrogen and oxygen atoms in total. The van der Waals surface area contributed by atoms with Gasteiger partial charge in [-0.05, 0) is 24.6 Å². The van der Waals surface area contributed by atoms with Crippen LogP contribution in [0, 0.1) is 5.82 Å². The zero-order valence-electron chi connectivity index (χ0n) is 8.77. The lowest BCUT2D eigenvalue weighted by atomic mass is 10.0. The van der Waals surface area contributed by atoms with Crippen LogP contribution in [0.5, 0.6) is 0 Å². The summed E-state index contributed by atoms with van der Waals surface area (Å²) in [6, 6.07) is 9.92. The van der Waals surface area contributed by atoms with Crippen LogP contribution in [0.4, 0.5) is 4.39 Å². The van der Waals surface area contributed by atoms with Crippen molar-refractivity contribution in [2.45, 2.75) is 18.9 Å². The molecule has 0 saturated carbocycles. The fraction of sp³-hybridized carbons (Fsp3) is 0.231. The van der Waals surface area contributed by atoms with Gasteiger partial charge >= 0.3 is 0 Å². The molecule has 1 N–H and O–H groups in total. The van der Waals surface area contributed by atoms with Crippen molar-refractivity contribution in [1.29, 1.82) is 0 Å². The minimum Gasteiger partial charge on any atom is -0.469 e. The second-order valence-electron chi connectivity index (χ2n) is 3.66. The van der Waals surface area contributed by atoms with E-state index in [9.17, 15) is 9.50 Å². The van der Waals surface area contributed by atoms with Gasteiger partial charge in [-0.3, -0.25) is 0 Å². The molecule has 0 amide bonds. The maximum absolute atomic E-state index is 13.3. The van der Waals surface area contributed by atoms with Crippen LogP contribution >= 0.6 is 0 Å². The van der Waals surface area contributed by atoms with Crippen LogP contribution in [-0.2, 0) is 6.42 Å². The molecule has 16 heavy (non-hydrogen) atoms. The third-order valence-corrected chi connectivity index (χ3v) is 2.51. The van der Waals surface area contributed by atoms with Gasteiger partial charge in [-0.2, -0.15) is 0 Å². The summed E-state index contributed by atoms with van der Waals surface area (Å²) in [5.74, 6) is 0.435. The van der Waals surface area contributed by atoms with Crippen LogP contribution in [-0.4, -0.2) is 5.11 Å². The highest BCUT2D eigenvalue weighted by atomic mass is 19.1. The number of aryl methyl sites for hydroxylation is 1. The first-order chi connectivity index (χ1) is 7.77. The van der Waals surface area contributed by atoms with E-state index in [0.29, 0.717) is 18.4 Å². The lowest BCUT2D eigenvalue weighted by molar-refractivity contribution is 0.161. The van der Waals surface area contributed by atoms with Crippen molar-refractivity contribution in [2.24, 2.45) is 0 Å². The first-order valence-corrected chi connectivity index (χ1v) is 5.22. The fourth-order valence-electron chi connectivity index (χ4n) is 1.63. The van der Waals surface area contributed by atoms with Crippen LogP contribution in [0.3, 0.4) is 0 Å². The van der Waals surface area contributed by atoms with Gasteiger partial charge < -0.3 is 9.52 Å². The Bertz CT molecular complexity index is 437. The fourth-order valence-corrected chi connectivity index (χ4v) is 1.63. The molecule has 2 aromatic rings. The van der Waals surface area contributed by atoms with Crippen molar-refractivity contribution in [3.63, 3.8) is 0 Å². The summed E-state index contributed by atoms with van der Waals surface area (Å²) in [4.78, 5) is 0. The lowest BCUT2D eigenvalue weighted by Crippen LogP contribution is -2.01. The van der Waals surface area contributed by atoms with E-state index in [1.807, 2.05) is 6.07 Å². The average Bonchev–Trinajstić information content (AvgIpc) is 2.79. The highest BCUT2D eigenvalue weighted by molar-refractivity contribution is 5.19. The van der Waals surface area contributed by atoms with Crippen LogP contribution in [0.25, 0.3) is 0 Å². The Kier molecular flexibility index (Phi) is 3.37. The molecule has 0 spiro atoms. The van der Waals surface area contributed by atoms with Crippen LogP contribution in [0.2, 0.25) is 0 Å². The van der Waals surface area contributed by atoms with Crippen molar-refractivity contribution in [2.75, 3.05) is 0 Å². The normalized spacial score (nSPS) is 12.6. The van der Waals surface area contributed by atoms with Gasteiger partial charge in [0.05, 0.1) is 12.4 Å². The predicted octanol–water partition coefficient (Wildman–Crippen LogP) is 3.08. The molecule has 1 unspecified atom stereocenters. The maximum atomic E-state index is 13.3. The van der Waals surface area contributed by atoms with E-state index < -0.39 is 6.10 Å². The third-order valence-electron chi connectivity index (χ3n) is 2.51. The largest absolute Gasteiger partial charge is 0.469 e. The highest BCUT2D eigenvalue weighted by Crippen LogP contribution is 2.21. The highest BCUT2D eigenvalue weighted by Gasteiger charge is 2.12. The van der Waals surface area contributed by atoms with E-state index in [0.717, 1.165) is 5.76 Å². The summed E-state index contributed by atoms with van der Waals surface area (Å²) in [6.07, 6.45) is 1.85. The number of hydrogen-bond acceptors (Lipinski definition) is 2. The summed E-state index contributed by atoms with van der Waals surface area (Å²) in [6.45, 7) is 0. The van der Waals surface area contributed by atoms with Gasteiger partial charge in [0.1, 0.15) is 11.6 Å². The molecule has 84 valence electrons.